The molecule has 5 rings (SSSR count). The number of H-pyrrole nitrogens is 1. The topological polar surface area (TPSA) is 134 Å². The fourth-order valence-electron chi connectivity index (χ4n) is 3.10. The molecule has 10 nitrogen and oxygen atoms in total. The summed E-state index contributed by atoms with van der Waals surface area (Å²) in [7, 11) is 0. The molecule has 0 spiro atoms. The first-order valence-corrected chi connectivity index (χ1v) is 11.0. The van der Waals surface area contributed by atoms with Crippen LogP contribution in [0.25, 0.3) is 11.0 Å². The molecular weight excluding hydrogens is 456 g/mol. The number of nitrogens with one attached hydrogen (secondary N) is 4. The molecule has 4 N–H and O–H groups in total. The molecule has 11 heteroatoms. The number of anilines is 3. The Balaban J connectivity index is 1.21. The van der Waals surface area contributed by atoms with Crippen LogP contribution in [0.5, 0.6) is 11.5 Å². The zero-order chi connectivity index (χ0) is 23.5. The monoisotopic (exact) mass is 474 g/mol. The Kier molecular flexibility index (Phi) is 5.67. The second-order valence-electron chi connectivity index (χ2n) is 7.20. The van der Waals surface area contributed by atoms with Gasteiger partial charge in [-0.25, -0.2) is 14.8 Å². The molecule has 5 aromatic rings. The Morgan fingerprint density at radius 1 is 1.00 bits per heavy atom. The first-order valence-electron chi connectivity index (χ1n) is 10.1. The minimum absolute atomic E-state index is 0.193. The smallest absolute Gasteiger partial charge is 0.325 e. The highest BCUT2D eigenvalue weighted by molar-refractivity contribution is 7.13. The summed E-state index contributed by atoms with van der Waals surface area (Å²) in [5.41, 5.74) is 2.82. The van der Waals surface area contributed by atoms with E-state index in [-0.39, 0.29) is 11.8 Å². The van der Waals surface area contributed by atoms with Crippen molar-refractivity contribution in [3.05, 3.63) is 77.7 Å². The summed E-state index contributed by atoms with van der Waals surface area (Å²) in [6.07, 6.45) is 1.43. The summed E-state index contributed by atoms with van der Waals surface area (Å²) < 4.78 is 11.0. The molecule has 0 unspecified atom stereocenters. The van der Waals surface area contributed by atoms with E-state index in [0.717, 1.165) is 11.2 Å². The quantitative estimate of drug-likeness (QED) is 0.253. The van der Waals surface area contributed by atoms with Crippen molar-refractivity contribution >= 4 is 51.1 Å². The standard InChI is InChI=1S/C23H18N6O4S/c1-13-12-34-23(24-13)29-22(31)25-14-4-6-15(7-5-14)33-16-8-9-17-18(11-16)27-21(26-17)28-20(30)19-3-2-10-32-19/h2-12H,1H3,(H2,24,25,29,31)(H2,26,27,28,30). The van der Waals surface area contributed by atoms with Gasteiger partial charge in [-0.2, -0.15) is 0 Å². The zero-order valence-electron chi connectivity index (χ0n) is 17.8. The fourth-order valence-corrected chi connectivity index (χ4v) is 3.78. The highest BCUT2D eigenvalue weighted by Crippen LogP contribution is 2.27. The molecule has 3 aromatic heterocycles. The van der Waals surface area contributed by atoms with Gasteiger partial charge in [0.05, 0.1) is 23.0 Å². The van der Waals surface area contributed by atoms with E-state index < -0.39 is 5.91 Å². The normalized spacial score (nSPS) is 10.7. The lowest BCUT2D eigenvalue weighted by Crippen LogP contribution is -2.19. The molecule has 3 amide bonds. The lowest BCUT2D eigenvalue weighted by atomic mass is 10.3. The van der Waals surface area contributed by atoms with Crippen molar-refractivity contribution in [2.45, 2.75) is 6.92 Å². The molecule has 0 radical (unpaired) electrons. The molecular formula is C23H18N6O4S. The maximum Gasteiger partial charge on any atom is 0.325 e. The summed E-state index contributed by atoms with van der Waals surface area (Å²) in [4.78, 5) is 35.8. The van der Waals surface area contributed by atoms with E-state index in [9.17, 15) is 9.59 Å². The molecule has 0 atom stereocenters. The van der Waals surface area contributed by atoms with Crippen molar-refractivity contribution in [3.63, 3.8) is 0 Å². The van der Waals surface area contributed by atoms with Gasteiger partial charge in [-0.05, 0) is 55.5 Å². The average Bonchev–Trinajstić information content (AvgIpc) is 3.56. The number of amides is 3. The minimum atomic E-state index is -0.398. The number of aryl methyl sites for hydroxylation is 1. The summed E-state index contributed by atoms with van der Waals surface area (Å²) in [5.74, 6) is 1.25. The third-order valence-corrected chi connectivity index (χ3v) is 5.49. The van der Waals surface area contributed by atoms with Crippen LogP contribution in [0, 0.1) is 6.92 Å². The number of imidazole rings is 1. The van der Waals surface area contributed by atoms with Gasteiger partial charge in [-0.3, -0.25) is 15.4 Å². The highest BCUT2D eigenvalue weighted by atomic mass is 32.1. The molecule has 0 fully saturated rings. The van der Waals surface area contributed by atoms with Gasteiger partial charge >= 0.3 is 6.03 Å². The van der Waals surface area contributed by atoms with E-state index in [1.54, 1.807) is 54.6 Å². The number of ether oxygens (including phenoxy) is 1. The van der Waals surface area contributed by atoms with Gasteiger partial charge in [-0.1, -0.05) is 0 Å². The molecule has 170 valence electrons. The largest absolute Gasteiger partial charge is 0.459 e. The Bertz CT molecular complexity index is 1460. The van der Waals surface area contributed by atoms with Crippen LogP contribution < -0.4 is 20.7 Å². The number of aromatic amines is 1. The van der Waals surface area contributed by atoms with E-state index >= 15 is 0 Å². The fraction of sp³-hybridized carbons (Fsp3) is 0.0435. The van der Waals surface area contributed by atoms with E-state index in [1.165, 1.54) is 17.6 Å². The number of carbonyl (C=O) groups is 2. The SMILES string of the molecule is Cc1csc(NC(=O)Nc2ccc(Oc3ccc4[nH]c(NC(=O)c5ccco5)nc4c3)cc2)n1. The van der Waals surface area contributed by atoms with Crippen molar-refractivity contribution in [1.82, 2.24) is 15.0 Å². The molecule has 0 aliphatic rings. The highest BCUT2D eigenvalue weighted by Gasteiger charge is 2.12. The van der Waals surface area contributed by atoms with Crippen LogP contribution >= 0.6 is 11.3 Å². The first-order chi connectivity index (χ1) is 16.5. The predicted octanol–water partition coefficient (Wildman–Crippen LogP) is 5.61. The summed E-state index contributed by atoms with van der Waals surface area (Å²) in [6, 6.07) is 15.1. The van der Waals surface area contributed by atoms with Crippen molar-refractivity contribution in [3.8, 4) is 11.5 Å². The number of fused-ring (bicyclic) bond motifs is 1. The molecule has 0 bridgehead atoms. The van der Waals surface area contributed by atoms with Gasteiger partial charge < -0.3 is 19.5 Å². The van der Waals surface area contributed by atoms with Crippen LogP contribution in [0.3, 0.4) is 0 Å². The molecule has 2 aromatic carbocycles. The molecule has 3 heterocycles. The van der Waals surface area contributed by atoms with Crippen LogP contribution in [-0.4, -0.2) is 26.9 Å². The van der Waals surface area contributed by atoms with Gasteiger partial charge in [0.25, 0.3) is 5.91 Å². The number of carbonyl (C=O) groups excluding carboxylic acids is 2. The van der Waals surface area contributed by atoms with E-state index in [0.29, 0.717) is 33.8 Å². The molecule has 0 saturated heterocycles. The van der Waals surface area contributed by atoms with Crippen LogP contribution in [0.4, 0.5) is 21.6 Å². The van der Waals surface area contributed by atoms with E-state index in [2.05, 4.69) is 30.9 Å². The van der Waals surface area contributed by atoms with Gasteiger partial charge in [0.1, 0.15) is 11.5 Å². The number of benzene rings is 2. The van der Waals surface area contributed by atoms with E-state index in [1.807, 2.05) is 12.3 Å². The van der Waals surface area contributed by atoms with Crippen molar-refractivity contribution in [2.24, 2.45) is 0 Å². The van der Waals surface area contributed by atoms with Gasteiger partial charge in [0.15, 0.2) is 10.9 Å². The summed E-state index contributed by atoms with van der Waals surface area (Å²) in [6.45, 7) is 1.86. The van der Waals surface area contributed by atoms with Gasteiger partial charge in [-0.15, -0.1) is 11.3 Å². The molecule has 34 heavy (non-hydrogen) atoms. The van der Waals surface area contributed by atoms with Crippen molar-refractivity contribution < 1.29 is 18.7 Å². The van der Waals surface area contributed by atoms with Crippen LogP contribution in [0.1, 0.15) is 16.2 Å². The predicted molar refractivity (Wildman–Crippen MR) is 129 cm³/mol. The number of nitrogens with zero attached hydrogens (tertiary/aromatic N) is 2. The molecule has 0 aliphatic carbocycles. The number of hydrogen-bond donors (Lipinski definition) is 4. The maximum atomic E-state index is 12.1. The van der Waals surface area contributed by atoms with Gasteiger partial charge in [0, 0.05) is 17.1 Å². The average molecular weight is 475 g/mol. The van der Waals surface area contributed by atoms with Crippen LogP contribution in [-0.2, 0) is 0 Å². The Morgan fingerprint density at radius 2 is 1.82 bits per heavy atom. The lowest BCUT2D eigenvalue weighted by Gasteiger charge is -2.08. The third kappa shape index (κ3) is 4.89. The van der Waals surface area contributed by atoms with Crippen LogP contribution in [0.15, 0.2) is 70.7 Å². The van der Waals surface area contributed by atoms with Crippen LogP contribution in [0.2, 0.25) is 0 Å². The Hall–Kier alpha value is -4.64. The Labute approximate surface area is 197 Å². The first kappa shape index (κ1) is 21.2. The van der Waals surface area contributed by atoms with E-state index in [4.69, 9.17) is 9.15 Å². The lowest BCUT2D eigenvalue weighted by molar-refractivity contribution is 0.0996. The number of rotatable bonds is 6. The number of furan rings is 1. The number of aromatic nitrogens is 3. The van der Waals surface area contributed by atoms with Crippen molar-refractivity contribution in [2.75, 3.05) is 16.0 Å². The minimum Gasteiger partial charge on any atom is -0.459 e. The molecule has 0 aliphatic heterocycles. The second kappa shape index (κ2) is 9.08. The summed E-state index contributed by atoms with van der Waals surface area (Å²) in [5, 5.41) is 10.5. The zero-order valence-corrected chi connectivity index (χ0v) is 18.6. The number of hydrogen-bond acceptors (Lipinski definition) is 7. The second-order valence-corrected chi connectivity index (χ2v) is 8.05. The summed E-state index contributed by atoms with van der Waals surface area (Å²) >= 11 is 1.36. The number of thiazole rings is 1. The van der Waals surface area contributed by atoms with Gasteiger partial charge in [0.2, 0.25) is 5.95 Å². The third-order valence-electron chi connectivity index (χ3n) is 4.62. The maximum absolute atomic E-state index is 12.1. The number of urea groups is 1. The molecule has 0 saturated carbocycles. The Morgan fingerprint density at radius 3 is 2.56 bits per heavy atom. The van der Waals surface area contributed by atoms with Crippen molar-refractivity contribution in [1.29, 1.82) is 0 Å².